The summed E-state index contributed by atoms with van der Waals surface area (Å²) in [6.07, 6.45) is 4.18. The van der Waals surface area contributed by atoms with E-state index in [0.29, 0.717) is 5.92 Å². The van der Waals surface area contributed by atoms with Crippen LogP contribution in [0.1, 0.15) is 51.0 Å². The van der Waals surface area contributed by atoms with Gasteiger partial charge >= 0.3 is 0 Å². The molecule has 0 aromatic heterocycles. The zero-order valence-electron chi connectivity index (χ0n) is 11.3. The number of fused-ring (bicyclic) bond motifs is 1. The largest absolute Gasteiger partial charge is 0.493 e. The van der Waals surface area contributed by atoms with Crippen LogP contribution in [0.25, 0.3) is 0 Å². The van der Waals surface area contributed by atoms with Crippen molar-refractivity contribution in [3.05, 3.63) is 29.8 Å². The molecule has 1 aliphatic heterocycles. The average Bonchev–Trinajstić information content (AvgIpc) is 3.09. The minimum Gasteiger partial charge on any atom is -0.493 e. The predicted molar refractivity (Wildman–Crippen MR) is 71.9 cm³/mol. The number of benzene rings is 1. The third kappa shape index (κ3) is 1.93. The fourth-order valence-electron chi connectivity index (χ4n) is 3.08. The van der Waals surface area contributed by atoms with Gasteiger partial charge in [0, 0.05) is 0 Å². The second-order valence-electron chi connectivity index (χ2n) is 6.41. The Morgan fingerprint density at radius 3 is 2.83 bits per heavy atom. The van der Waals surface area contributed by atoms with Gasteiger partial charge in [-0.25, -0.2) is 0 Å². The van der Waals surface area contributed by atoms with Crippen LogP contribution in [-0.4, -0.2) is 17.3 Å². The number of rotatable bonds is 3. The van der Waals surface area contributed by atoms with Crippen LogP contribution in [0.15, 0.2) is 24.3 Å². The van der Waals surface area contributed by atoms with Gasteiger partial charge in [-0.1, -0.05) is 25.1 Å². The Balaban J connectivity index is 1.82. The number of ether oxygens (including phenoxy) is 1. The van der Waals surface area contributed by atoms with E-state index < -0.39 is 5.60 Å². The molecule has 2 heteroatoms. The molecule has 2 nitrogen and oxygen atoms in total. The molecular formula is C16H22O2. The van der Waals surface area contributed by atoms with E-state index in [9.17, 15) is 5.11 Å². The smallest absolute Gasteiger partial charge is 0.122 e. The van der Waals surface area contributed by atoms with Crippen LogP contribution in [0.3, 0.4) is 0 Å². The Hall–Kier alpha value is -1.02. The summed E-state index contributed by atoms with van der Waals surface area (Å²) in [5.74, 6) is 1.44. The van der Waals surface area contributed by atoms with Crippen molar-refractivity contribution < 1.29 is 9.84 Å². The lowest BCUT2D eigenvalue weighted by Crippen LogP contribution is -2.37. The highest BCUT2D eigenvalue weighted by atomic mass is 16.5. The van der Waals surface area contributed by atoms with Crippen molar-refractivity contribution >= 4 is 0 Å². The predicted octanol–water partition coefficient (Wildman–Crippen LogP) is 3.49. The van der Waals surface area contributed by atoms with Crippen molar-refractivity contribution in [1.29, 1.82) is 0 Å². The lowest BCUT2D eigenvalue weighted by Gasteiger charge is -2.36. The molecule has 2 aliphatic rings. The summed E-state index contributed by atoms with van der Waals surface area (Å²) >= 11 is 0. The normalized spacial score (nSPS) is 27.8. The van der Waals surface area contributed by atoms with Crippen molar-refractivity contribution in [2.24, 2.45) is 5.41 Å². The molecule has 1 N–H and O–H groups in total. The van der Waals surface area contributed by atoms with Crippen LogP contribution in [0.4, 0.5) is 0 Å². The summed E-state index contributed by atoms with van der Waals surface area (Å²) in [5.41, 5.74) is 0.857. The topological polar surface area (TPSA) is 29.5 Å². The van der Waals surface area contributed by atoms with Gasteiger partial charge in [0.2, 0.25) is 0 Å². The van der Waals surface area contributed by atoms with Gasteiger partial charge in [0.05, 0.1) is 12.2 Å². The lowest BCUT2D eigenvalue weighted by atomic mass is 9.76. The molecule has 2 atom stereocenters. The molecule has 1 aliphatic carbocycles. The molecule has 0 saturated heterocycles. The second kappa shape index (κ2) is 3.99. The highest BCUT2D eigenvalue weighted by molar-refractivity contribution is 5.38. The summed E-state index contributed by atoms with van der Waals surface area (Å²) in [5, 5.41) is 10.8. The van der Waals surface area contributed by atoms with Crippen LogP contribution in [0, 0.1) is 5.41 Å². The molecule has 1 aromatic rings. The van der Waals surface area contributed by atoms with Gasteiger partial charge in [0.15, 0.2) is 0 Å². The highest BCUT2D eigenvalue weighted by Gasteiger charge is 2.52. The van der Waals surface area contributed by atoms with Crippen LogP contribution in [0.2, 0.25) is 0 Å². The Morgan fingerprint density at radius 2 is 2.11 bits per heavy atom. The molecule has 0 spiro atoms. The fourth-order valence-corrected chi connectivity index (χ4v) is 3.08. The van der Waals surface area contributed by atoms with Crippen molar-refractivity contribution in [3.8, 4) is 5.75 Å². The minimum absolute atomic E-state index is 0.139. The molecule has 3 rings (SSSR count). The Labute approximate surface area is 109 Å². The van der Waals surface area contributed by atoms with E-state index in [1.165, 1.54) is 5.56 Å². The summed E-state index contributed by atoms with van der Waals surface area (Å²) in [6, 6.07) is 8.26. The number of hydrogen-bond acceptors (Lipinski definition) is 2. The zero-order valence-corrected chi connectivity index (χ0v) is 11.3. The van der Waals surface area contributed by atoms with Crippen molar-refractivity contribution in [1.82, 2.24) is 0 Å². The molecule has 0 radical (unpaired) electrons. The molecule has 1 fully saturated rings. The molecule has 2 unspecified atom stereocenters. The third-order valence-corrected chi connectivity index (χ3v) is 5.03. The van der Waals surface area contributed by atoms with Crippen LogP contribution in [0.5, 0.6) is 5.75 Å². The quantitative estimate of drug-likeness (QED) is 0.884. The van der Waals surface area contributed by atoms with Gasteiger partial charge in [0.1, 0.15) is 5.75 Å². The first kappa shape index (κ1) is 12.0. The maximum atomic E-state index is 10.8. The molecule has 1 heterocycles. The fraction of sp³-hybridized carbons (Fsp3) is 0.625. The van der Waals surface area contributed by atoms with Gasteiger partial charge in [-0.15, -0.1) is 0 Å². The summed E-state index contributed by atoms with van der Waals surface area (Å²) in [4.78, 5) is 0. The molecule has 98 valence electrons. The first-order chi connectivity index (χ1) is 8.52. The van der Waals surface area contributed by atoms with E-state index >= 15 is 0 Å². The Morgan fingerprint density at radius 1 is 1.39 bits per heavy atom. The second-order valence-corrected chi connectivity index (χ2v) is 6.41. The Kier molecular flexibility index (Phi) is 2.67. The number of aliphatic hydroxyl groups is 1. The van der Waals surface area contributed by atoms with Crippen molar-refractivity contribution in [3.63, 3.8) is 0 Å². The van der Waals surface area contributed by atoms with Crippen molar-refractivity contribution in [2.75, 3.05) is 6.61 Å². The maximum Gasteiger partial charge on any atom is 0.122 e. The van der Waals surface area contributed by atoms with Crippen molar-refractivity contribution in [2.45, 2.75) is 51.0 Å². The molecule has 1 aromatic carbocycles. The lowest BCUT2D eigenvalue weighted by molar-refractivity contribution is -0.0239. The van der Waals surface area contributed by atoms with E-state index in [1.807, 2.05) is 19.1 Å². The number of hydrogen-bond donors (Lipinski definition) is 1. The monoisotopic (exact) mass is 246 g/mol. The zero-order chi connectivity index (χ0) is 12.8. The Bertz CT molecular complexity index is 446. The van der Waals surface area contributed by atoms with Gasteiger partial charge < -0.3 is 9.84 Å². The van der Waals surface area contributed by atoms with Gasteiger partial charge in [0.25, 0.3) is 0 Å². The summed E-state index contributed by atoms with van der Waals surface area (Å²) in [7, 11) is 0. The SMILES string of the molecule is CC(O)(CC1CCOc2ccccc21)C1(C)CC1. The summed E-state index contributed by atoms with van der Waals surface area (Å²) in [6.45, 7) is 4.99. The van der Waals surface area contributed by atoms with Crippen LogP contribution in [-0.2, 0) is 0 Å². The standard InChI is InChI=1S/C16H22O2/c1-15(8-9-15)16(2,17)11-12-7-10-18-14-6-4-3-5-13(12)14/h3-6,12,17H,7-11H2,1-2H3. The van der Waals surface area contributed by atoms with E-state index in [4.69, 9.17) is 4.74 Å². The number of para-hydroxylation sites is 1. The molecular weight excluding hydrogens is 224 g/mol. The van der Waals surface area contributed by atoms with E-state index in [1.54, 1.807) is 0 Å². The molecule has 1 saturated carbocycles. The average molecular weight is 246 g/mol. The molecule has 0 bridgehead atoms. The van der Waals surface area contributed by atoms with Gasteiger partial charge in [-0.05, 0) is 55.6 Å². The first-order valence-corrected chi connectivity index (χ1v) is 6.96. The van der Waals surface area contributed by atoms with E-state index in [2.05, 4.69) is 19.1 Å². The minimum atomic E-state index is -0.553. The van der Waals surface area contributed by atoms with Gasteiger partial charge in [-0.3, -0.25) is 0 Å². The molecule has 18 heavy (non-hydrogen) atoms. The highest BCUT2D eigenvalue weighted by Crippen LogP contribution is 2.56. The van der Waals surface area contributed by atoms with E-state index in [-0.39, 0.29) is 5.41 Å². The van der Waals surface area contributed by atoms with Crippen LogP contribution >= 0.6 is 0 Å². The summed E-state index contributed by atoms with van der Waals surface area (Å²) < 4.78 is 5.69. The third-order valence-electron chi connectivity index (χ3n) is 5.03. The van der Waals surface area contributed by atoms with E-state index in [0.717, 1.165) is 38.0 Å². The first-order valence-electron chi connectivity index (χ1n) is 6.96. The van der Waals surface area contributed by atoms with Gasteiger partial charge in [-0.2, -0.15) is 0 Å². The van der Waals surface area contributed by atoms with Crippen LogP contribution < -0.4 is 4.74 Å². The maximum absolute atomic E-state index is 10.8. The molecule has 0 amide bonds.